The summed E-state index contributed by atoms with van der Waals surface area (Å²) in [5.41, 5.74) is 6.35. The van der Waals surface area contributed by atoms with Crippen molar-refractivity contribution in [1.82, 2.24) is 24.8 Å². The average molecular weight is 511 g/mol. The first-order valence-corrected chi connectivity index (χ1v) is 12.8. The summed E-state index contributed by atoms with van der Waals surface area (Å²) in [5.74, 6) is -0.0453. The molecule has 2 N–H and O–H groups in total. The van der Waals surface area contributed by atoms with Gasteiger partial charge in [0.1, 0.15) is 0 Å². The number of hydrogen-bond donors (Lipinski definition) is 2. The summed E-state index contributed by atoms with van der Waals surface area (Å²) in [7, 11) is 0. The SMILES string of the molecule is Cc1cc([C@H]2[C@H](c3ccccn3)NC(=S)N2CCC(=O)Nc2ccccc2)c(C)n1Cc1cccnc1. The molecule has 1 amide bonds. The Morgan fingerprint density at radius 3 is 2.59 bits per heavy atom. The minimum atomic E-state index is -0.127. The number of para-hydroxylation sites is 1. The lowest BCUT2D eigenvalue weighted by atomic mass is 9.96. The van der Waals surface area contributed by atoms with Crippen molar-refractivity contribution in [1.29, 1.82) is 0 Å². The second-order valence-electron chi connectivity index (χ2n) is 9.26. The van der Waals surface area contributed by atoms with Crippen LogP contribution in [0.25, 0.3) is 0 Å². The van der Waals surface area contributed by atoms with Crippen molar-refractivity contribution in [3.8, 4) is 0 Å². The highest BCUT2D eigenvalue weighted by Gasteiger charge is 2.41. The molecule has 8 heteroatoms. The van der Waals surface area contributed by atoms with E-state index < -0.39 is 0 Å². The molecule has 0 saturated carbocycles. The lowest BCUT2D eigenvalue weighted by Crippen LogP contribution is -2.32. The number of hydrogen-bond acceptors (Lipinski definition) is 4. The van der Waals surface area contributed by atoms with Crippen molar-refractivity contribution in [2.24, 2.45) is 0 Å². The number of nitrogens with zero attached hydrogens (tertiary/aromatic N) is 4. The average Bonchev–Trinajstić information content (AvgIpc) is 3.39. The quantitative estimate of drug-likeness (QED) is 0.327. The van der Waals surface area contributed by atoms with Crippen LogP contribution in [0.2, 0.25) is 0 Å². The fraction of sp³-hybridized carbons (Fsp3) is 0.241. The maximum atomic E-state index is 12.8. The van der Waals surface area contributed by atoms with E-state index >= 15 is 0 Å². The Morgan fingerprint density at radius 2 is 1.86 bits per heavy atom. The number of aryl methyl sites for hydroxylation is 1. The van der Waals surface area contributed by atoms with E-state index in [9.17, 15) is 4.79 Å². The van der Waals surface area contributed by atoms with Gasteiger partial charge in [0.25, 0.3) is 0 Å². The monoisotopic (exact) mass is 510 g/mol. The van der Waals surface area contributed by atoms with Crippen molar-refractivity contribution in [2.45, 2.75) is 38.9 Å². The molecule has 0 spiro atoms. The molecule has 0 bridgehead atoms. The summed E-state index contributed by atoms with van der Waals surface area (Å²) < 4.78 is 2.31. The third kappa shape index (κ3) is 5.39. The lowest BCUT2D eigenvalue weighted by Gasteiger charge is -2.28. The van der Waals surface area contributed by atoms with E-state index in [4.69, 9.17) is 12.2 Å². The molecule has 1 aliphatic rings. The van der Waals surface area contributed by atoms with E-state index in [1.807, 2.05) is 60.8 Å². The van der Waals surface area contributed by atoms with Gasteiger partial charge in [-0.1, -0.05) is 30.3 Å². The Hall–Kier alpha value is -4.04. The first-order chi connectivity index (χ1) is 18.0. The van der Waals surface area contributed by atoms with Crippen LogP contribution in [0.1, 0.15) is 46.7 Å². The van der Waals surface area contributed by atoms with Crippen molar-refractivity contribution in [3.05, 3.63) is 114 Å². The molecule has 1 aromatic carbocycles. The molecule has 3 aromatic heterocycles. The molecule has 0 aliphatic carbocycles. The number of nitrogens with one attached hydrogen (secondary N) is 2. The predicted molar refractivity (Wildman–Crippen MR) is 149 cm³/mol. The van der Waals surface area contributed by atoms with Crippen LogP contribution in [0.15, 0.2) is 85.3 Å². The second kappa shape index (κ2) is 10.9. The van der Waals surface area contributed by atoms with E-state index in [1.165, 1.54) is 5.56 Å². The van der Waals surface area contributed by atoms with Gasteiger partial charge < -0.3 is 20.1 Å². The van der Waals surface area contributed by atoms with Crippen LogP contribution >= 0.6 is 12.2 Å². The highest BCUT2D eigenvalue weighted by molar-refractivity contribution is 7.80. The van der Waals surface area contributed by atoms with Crippen LogP contribution in [0.5, 0.6) is 0 Å². The number of thiocarbonyl (C=S) groups is 1. The maximum absolute atomic E-state index is 12.8. The minimum absolute atomic E-state index is 0.0453. The summed E-state index contributed by atoms with van der Waals surface area (Å²) >= 11 is 5.80. The fourth-order valence-corrected chi connectivity index (χ4v) is 5.33. The molecular weight excluding hydrogens is 480 g/mol. The number of pyridine rings is 2. The van der Waals surface area contributed by atoms with Crippen LogP contribution < -0.4 is 10.6 Å². The number of anilines is 1. The van der Waals surface area contributed by atoms with Gasteiger partial charge in [0.05, 0.1) is 17.8 Å². The van der Waals surface area contributed by atoms with Gasteiger partial charge in [0, 0.05) is 55.2 Å². The topological polar surface area (TPSA) is 75.1 Å². The Bertz CT molecular complexity index is 1370. The number of amides is 1. The summed E-state index contributed by atoms with van der Waals surface area (Å²) in [6.45, 7) is 5.51. The van der Waals surface area contributed by atoms with Crippen LogP contribution in [0, 0.1) is 13.8 Å². The van der Waals surface area contributed by atoms with Crippen molar-refractivity contribution >= 4 is 28.9 Å². The molecule has 7 nitrogen and oxygen atoms in total. The molecule has 0 radical (unpaired) electrons. The summed E-state index contributed by atoms with van der Waals surface area (Å²) in [6.07, 6.45) is 5.81. The fourth-order valence-electron chi connectivity index (χ4n) is 5.00. The van der Waals surface area contributed by atoms with Crippen molar-refractivity contribution in [2.75, 3.05) is 11.9 Å². The Morgan fingerprint density at radius 1 is 1.05 bits per heavy atom. The molecule has 5 rings (SSSR count). The van der Waals surface area contributed by atoms with Gasteiger partial charge in [-0.15, -0.1) is 0 Å². The number of benzene rings is 1. The van der Waals surface area contributed by atoms with E-state index in [1.54, 1.807) is 12.4 Å². The maximum Gasteiger partial charge on any atom is 0.226 e. The van der Waals surface area contributed by atoms with Gasteiger partial charge in [-0.3, -0.25) is 14.8 Å². The first-order valence-electron chi connectivity index (χ1n) is 12.4. The molecule has 1 fully saturated rings. The molecule has 0 unspecified atom stereocenters. The zero-order valence-electron chi connectivity index (χ0n) is 21.0. The Balaban J connectivity index is 1.44. The third-order valence-electron chi connectivity index (χ3n) is 6.83. The van der Waals surface area contributed by atoms with Gasteiger partial charge >= 0.3 is 0 Å². The largest absolute Gasteiger partial charge is 0.352 e. The van der Waals surface area contributed by atoms with Crippen LogP contribution in [0.3, 0.4) is 0 Å². The molecule has 1 aliphatic heterocycles. The second-order valence-corrected chi connectivity index (χ2v) is 9.64. The van der Waals surface area contributed by atoms with Crippen LogP contribution in [-0.2, 0) is 11.3 Å². The molecule has 4 aromatic rings. The summed E-state index contributed by atoms with van der Waals surface area (Å²) in [4.78, 5) is 23.8. The number of carbonyl (C=O) groups is 1. The van der Waals surface area contributed by atoms with Crippen LogP contribution in [-0.4, -0.2) is 37.0 Å². The first kappa shape index (κ1) is 24.6. The molecule has 188 valence electrons. The van der Waals surface area contributed by atoms with Crippen LogP contribution in [0.4, 0.5) is 5.69 Å². The molecular formula is C29H30N6OS. The minimum Gasteiger partial charge on any atom is -0.352 e. The van der Waals surface area contributed by atoms with E-state index in [-0.39, 0.29) is 18.0 Å². The van der Waals surface area contributed by atoms with Gasteiger partial charge in [-0.05, 0) is 73.6 Å². The lowest BCUT2D eigenvalue weighted by molar-refractivity contribution is -0.116. The molecule has 1 saturated heterocycles. The number of rotatable bonds is 8. The normalized spacial score (nSPS) is 17.0. The van der Waals surface area contributed by atoms with Gasteiger partial charge in [-0.25, -0.2) is 0 Å². The third-order valence-corrected chi connectivity index (χ3v) is 7.18. The highest BCUT2D eigenvalue weighted by Crippen LogP contribution is 2.41. The standard InChI is InChI=1S/C29H30N6OS/c1-20-17-24(21(2)35(20)19-22-9-8-14-30-18-22)28-27(25-12-6-7-15-31-25)33-29(37)34(28)16-13-26(36)32-23-10-4-3-5-11-23/h3-12,14-15,17-18,27-28H,13,16,19H2,1-2H3,(H,32,36)(H,33,37)/t27-,28-/m0/s1. The highest BCUT2D eigenvalue weighted by atomic mass is 32.1. The summed E-state index contributed by atoms with van der Waals surface area (Å²) in [5, 5.41) is 7.10. The van der Waals surface area contributed by atoms with E-state index in [0.29, 0.717) is 18.1 Å². The van der Waals surface area contributed by atoms with Crippen molar-refractivity contribution < 1.29 is 4.79 Å². The molecule has 4 heterocycles. The smallest absolute Gasteiger partial charge is 0.226 e. The Labute approximate surface area is 222 Å². The van der Waals surface area contributed by atoms with E-state index in [0.717, 1.165) is 34.9 Å². The molecule has 2 atom stereocenters. The number of aromatic nitrogens is 3. The summed E-state index contributed by atoms with van der Waals surface area (Å²) in [6, 6.07) is 21.5. The zero-order chi connectivity index (χ0) is 25.8. The predicted octanol–water partition coefficient (Wildman–Crippen LogP) is 4.94. The van der Waals surface area contributed by atoms with E-state index in [2.05, 4.69) is 56.0 Å². The molecule has 37 heavy (non-hydrogen) atoms. The zero-order valence-corrected chi connectivity index (χ0v) is 21.8. The van der Waals surface area contributed by atoms with Gasteiger partial charge in [-0.2, -0.15) is 0 Å². The van der Waals surface area contributed by atoms with Crippen molar-refractivity contribution in [3.63, 3.8) is 0 Å². The number of carbonyl (C=O) groups excluding carboxylic acids is 1. The van der Waals surface area contributed by atoms with Gasteiger partial charge in [0.15, 0.2) is 5.11 Å². The Kier molecular flexibility index (Phi) is 7.28. The van der Waals surface area contributed by atoms with Gasteiger partial charge in [0.2, 0.25) is 5.91 Å².